The molecule has 0 saturated carbocycles. The zero-order valence-corrected chi connectivity index (χ0v) is 12.5. The summed E-state index contributed by atoms with van der Waals surface area (Å²) in [5.74, 6) is 1.13. The topological polar surface area (TPSA) is 58.4 Å². The first-order chi connectivity index (χ1) is 9.02. The number of nitrogen functional groups attached to an aromatic ring is 1. The van der Waals surface area contributed by atoms with Crippen LogP contribution in [0.1, 0.15) is 18.9 Å². The fraction of sp³-hybridized carbons (Fsp3) is 0.500. The van der Waals surface area contributed by atoms with E-state index in [4.69, 9.17) is 5.73 Å². The quantitative estimate of drug-likeness (QED) is 0.831. The SMILES string of the molecule is CSCC(C)N(C)c1cc2c(cc1N)NC(=O)CC2. The molecule has 0 saturated heterocycles. The molecule has 1 aromatic rings. The number of hydrogen-bond donors (Lipinski definition) is 2. The fourth-order valence-corrected chi connectivity index (χ4v) is 3.03. The lowest BCUT2D eigenvalue weighted by Gasteiger charge is -2.29. The zero-order chi connectivity index (χ0) is 14.0. The van der Waals surface area contributed by atoms with E-state index < -0.39 is 0 Å². The summed E-state index contributed by atoms with van der Waals surface area (Å²) in [6.45, 7) is 2.19. The number of carbonyl (C=O) groups excluding carboxylic acids is 1. The van der Waals surface area contributed by atoms with Gasteiger partial charge in [-0.1, -0.05) is 0 Å². The summed E-state index contributed by atoms with van der Waals surface area (Å²) in [5, 5.41) is 2.88. The molecule has 3 N–H and O–H groups in total. The minimum absolute atomic E-state index is 0.0729. The van der Waals surface area contributed by atoms with Gasteiger partial charge in [-0.3, -0.25) is 4.79 Å². The molecule has 1 aromatic carbocycles. The van der Waals surface area contributed by atoms with Gasteiger partial charge in [-0.2, -0.15) is 11.8 Å². The van der Waals surface area contributed by atoms with E-state index in [1.165, 1.54) is 5.56 Å². The van der Waals surface area contributed by atoms with Gasteiger partial charge in [0, 0.05) is 31.0 Å². The average Bonchev–Trinajstić information content (AvgIpc) is 2.37. The van der Waals surface area contributed by atoms with Crippen molar-refractivity contribution in [3.8, 4) is 0 Å². The van der Waals surface area contributed by atoms with E-state index in [0.717, 1.165) is 29.2 Å². The highest BCUT2D eigenvalue weighted by Crippen LogP contribution is 2.33. The third-order valence-corrected chi connectivity index (χ3v) is 4.41. The maximum atomic E-state index is 11.4. The first kappa shape index (κ1) is 14.1. The summed E-state index contributed by atoms with van der Waals surface area (Å²) < 4.78 is 0. The largest absolute Gasteiger partial charge is 0.397 e. The molecule has 0 radical (unpaired) electrons. The molecule has 104 valence electrons. The Labute approximate surface area is 118 Å². The van der Waals surface area contributed by atoms with Crippen molar-refractivity contribution in [2.45, 2.75) is 25.8 Å². The Morgan fingerprint density at radius 2 is 2.21 bits per heavy atom. The van der Waals surface area contributed by atoms with Crippen LogP contribution in [0.3, 0.4) is 0 Å². The van der Waals surface area contributed by atoms with E-state index >= 15 is 0 Å². The standard InChI is InChI=1S/C14H21N3OS/c1-9(8-19-3)17(2)13-6-10-4-5-14(18)16-12(10)7-11(13)15/h6-7,9H,4-5,8,15H2,1-3H3,(H,16,18). The lowest BCUT2D eigenvalue weighted by molar-refractivity contribution is -0.116. The van der Waals surface area contributed by atoms with E-state index in [2.05, 4.69) is 36.5 Å². The van der Waals surface area contributed by atoms with Crippen LogP contribution in [0.4, 0.5) is 17.1 Å². The molecular formula is C14H21N3OS. The Kier molecular flexibility index (Phi) is 4.24. The van der Waals surface area contributed by atoms with Crippen molar-refractivity contribution in [2.24, 2.45) is 0 Å². The van der Waals surface area contributed by atoms with Gasteiger partial charge < -0.3 is 16.0 Å². The van der Waals surface area contributed by atoms with Gasteiger partial charge in [0.15, 0.2) is 0 Å². The number of benzene rings is 1. The number of hydrogen-bond acceptors (Lipinski definition) is 4. The molecule has 19 heavy (non-hydrogen) atoms. The smallest absolute Gasteiger partial charge is 0.224 e. The summed E-state index contributed by atoms with van der Waals surface area (Å²) in [4.78, 5) is 13.6. The monoisotopic (exact) mass is 279 g/mol. The minimum Gasteiger partial charge on any atom is -0.397 e. The molecule has 0 spiro atoms. The summed E-state index contributed by atoms with van der Waals surface area (Å²) >= 11 is 1.83. The number of thioether (sulfide) groups is 1. The van der Waals surface area contributed by atoms with Crippen LogP contribution >= 0.6 is 11.8 Å². The molecule has 1 aliphatic heterocycles. The van der Waals surface area contributed by atoms with Crippen molar-refractivity contribution in [3.05, 3.63) is 17.7 Å². The molecule has 1 unspecified atom stereocenters. The fourth-order valence-electron chi connectivity index (χ4n) is 2.33. The molecule has 0 bridgehead atoms. The van der Waals surface area contributed by atoms with Gasteiger partial charge in [0.1, 0.15) is 0 Å². The molecule has 0 aromatic heterocycles. The highest BCUT2D eigenvalue weighted by atomic mass is 32.2. The van der Waals surface area contributed by atoms with Crippen LogP contribution in [0, 0.1) is 0 Å². The van der Waals surface area contributed by atoms with Crippen molar-refractivity contribution < 1.29 is 4.79 Å². The van der Waals surface area contributed by atoms with Crippen LogP contribution in [0.5, 0.6) is 0 Å². The predicted molar refractivity (Wildman–Crippen MR) is 84.1 cm³/mol. The number of fused-ring (bicyclic) bond motifs is 1. The lowest BCUT2D eigenvalue weighted by Crippen LogP contribution is -2.32. The van der Waals surface area contributed by atoms with Gasteiger partial charge in [-0.25, -0.2) is 0 Å². The Morgan fingerprint density at radius 1 is 1.47 bits per heavy atom. The highest BCUT2D eigenvalue weighted by molar-refractivity contribution is 7.98. The third-order valence-electron chi connectivity index (χ3n) is 3.60. The number of carbonyl (C=O) groups is 1. The van der Waals surface area contributed by atoms with Crippen LogP contribution in [0.15, 0.2) is 12.1 Å². The van der Waals surface area contributed by atoms with Gasteiger partial charge in [-0.05, 0) is 37.3 Å². The van der Waals surface area contributed by atoms with Crippen molar-refractivity contribution in [3.63, 3.8) is 0 Å². The normalized spacial score (nSPS) is 15.6. The number of nitrogens with zero attached hydrogens (tertiary/aromatic N) is 1. The van der Waals surface area contributed by atoms with Crippen molar-refractivity contribution in [2.75, 3.05) is 35.0 Å². The van der Waals surface area contributed by atoms with Crippen molar-refractivity contribution in [1.82, 2.24) is 0 Å². The predicted octanol–water partition coefficient (Wildman–Crippen LogP) is 2.34. The van der Waals surface area contributed by atoms with Gasteiger partial charge in [0.05, 0.1) is 11.4 Å². The van der Waals surface area contributed by atoms with E-state index in [1.807, 2.05) is 17.8 Å². The maximum Gasteiger partial charge on any atom is 0.224 e. The number of amides is 1. The molecule has 0 aliphatic carbocycles. The van der Waals surface area contributed by atoms with Crippen LogP contribution in [-0.2, 0) is 11.2 Å². The second-order valence-electron chi connectivity index (χ2n) is 5.03. The van der Waals surface area contributed by atoms with E-state index in [1.54, 1.807) is 0 Å². The molecule has 4 nitrogen and oxygen atoms in total. The first-order valence-electron chi connectivity index (χ1n) is 6.47. The molecule has 1 atom stereocenters. The highest BCUT2D eigenvalue weighted by Gasteiger charge is 2.19. The second kappa shape index (κ2) is 5.74. The Balaban J connectivity index is 2.29. The Bertz CT molecular complexity index is 490. The van der Waals surface area contributed by atoms with E-state index in [0.29, 0.717) is 12.5 Å². The molecule has 2 rings (SSSR count). The van der Waals surface area contributed by atoms with Crippen LogP contribution in [0.2, 0.25) is 0 Å². The summed E-state index contributed by atoms with van der Waals surface area (Å²) in [7, 11) is 2.07. The van der Waals surface area contributed by atoms with E-state index in [9.17, 15) is 4.79 Å². The molecule has 1 amide bonds. The van der Waals surface area contributed by atoms with Crippen molar-refractivity contribution in [1.29, 1.82) is 0 Å². The Morgan fingerprint density at radius 3 is 2.89 bits per heavy atom. The molecule has 5 heteroatoms. The molecule has 0 fully saturated rings. The summed E-state index contributed by atoms with van der Waals surface area (Å²) in [6, 6.07) is 4.42. The first-order valence-corrected chi connectivity index (χ1v) is 7.86. The number of aryl methyl sites for hydroxylation is 1. The third kappa shape index (κ3) is 2.97. The van der Waals surface area contributed by atoms with Gasteiger partial charge >= 0.3 is 0 Å². The van der Waals surface area contributed by atoms with Crippen LogP contribution in [0.25, 0.3) is 0 Å². The number of rotatable bonds is 4. The maximum absolute atomic E-state index is 11.4. The second-order valence-corrected chi connectivity index (χ2v) is 5.94. The minimum atomic E-state index is 0.0729. The lowest BCUT2D eigenvalue weighted by atomic mass is 10.0. The number of nitrogens with one attached hydrogen (secondary N) is 1. The van der Waals surface area contributed by atoms with E-state index in [-0.39, 0.29) is 5.91 Å². The molecule has 1 aliphatic rings. The van der Waals surface area contributed by atoms with Gasteiger partial charge in [0.25, 0.3) is 0 Å². The zero-order valence-electron chi connectivity index (χ0n) is 11.7. The van der Waals surface area contributed by atoms with Crippen LogP contribution in [-0.4, -0.2) is 31.0 Å². The van der Waals surface area contributed by atoms with Crippen molar-refractivity contribution >= 4 is 34.7 Å². The number of anilines is 3. The molecular weight excluding hydrogens is 258 g/mol. The summed E-state index contributed by atoms with van der Waals surface area (Å²) in [6.07, 6.45) is 3.45. The average molecular weight is 279 g/mol. The van der Waals surface area contributed by atoms with Gasteiger partial charge in [-0.15, -0.1) is 0 Å². The van der Waals surface area contributed by atoms with Crippen LogP contribution < -0.4 is 16.0 Å². The molecule has 1 heterocycles. The number of nitrogens with two attached hydrogens (primary N) is 1. The summed E-state index contributed by atoms with van der Waals surface area (Å²) in [5.41, 5.74) is 9.93. The van der Waals surface area contributed by atoms with Gasteiger partial charge in [0.2, 0.25) is 5.91 Å². The Hall–Kier alpha value is -1.36.